The van der Waals surface area contributed by atoms with Gasteiger partial charge in [-0.15, -0.1) is 0 Å². The number of hydrogen-bond acceptors (Lipinski definition) is 3. The van der Waals surface area contributed by atoms with Crippen LogP contribution in [-0.4, -0.2) is 30.4 Å². The maximum absolute atomic E-state index is 12.4. The molecule has 0 spiro atoms. The number of carbonyl (C=O) groups is 1. The number of furan rings is 1. The van der Waals surface area contributed by atoms with Crippen molar-refractivity contribution in [3.8, 4) is 0 Å². The standard InChI is InChI=1S/C22H30N2O2/c1-22(2,3)19-8-6-18(7-9-19)21(25)23-15-17-10-12-24(13-11-17)16-20-5-4-14-26-20/h4-9,14,17H,10-13,15-16H2,1-3H3,(H,23,25). The molecule has 4 heteroatoms. The van der Waals surface area contributed by atoms with Crippen LogP contribution in [0.5, 0.6) is 0 Å². The molecule has 0 saturated carbocycles. The summed E-state index contributed by atoms with van der Waals surface area (Å²) < 4.78 is 5.42. The maximum Gasteiger partial charge on any atom is 0.251 e. The summed E-state index contributed by atoms with van der Waals surface area (Å²) in [5, 5.41) is 3.11. The van der Waals surface area contributed by atoms with Gasteiger partial charge in [-0.05, 0) is 67.1 Å². The van der Waals surface area contributed by atoms with Crippen LogP contribution < -0.4 is 5.32 Å². The van der Waals surface area contributed by atoms with Crippen molar-refractivity contribution in [3.63, 3.8) is 0 Å². The van der Waals surface area contributed by atoms with E-state index in [1.807, 2.05) is 24.3 Å². The number of likely N-dealkylation sites (tertiary alicyclic amines) is 1. The molecule has 0 bridgehead atoms. The van der Waals surface area contributed by atoms with Crippen molar-refractivity contribution in [3.05, 3.63) is 59.5 Å². The summed E-state index contributed by atoms with van der Waals surface area (Å²) in [4.78, 5) is 14.8. The Hall–Kier alpha value is -2.07. The molecule has 0 aliphatic carbocycles. The third-order valence-corrected chi connectivity index (χ3v) is 5.23. The second kappa shape index (κ2) is 8.09. The van der Waals surface area contributed by atoms with Crippen molar-refractivity contribution in [2.75, 3.05) is 19.6 Å². The van der Waals surface area contributed by atoms with Gasteiger partial charge in [0.25, 0.3) is 5.91 Å². The van der Waals surface area contributed by atoms with Gasteiger partial charge in [-0.25, -0.2) is 0 Å². The molecule has 3 rings (SSSR count). The van der Waals surface area contributed by atoms with Gasteiger partial charge < -0.3 is 9.73 Å². The predicted octanol–water partition coefficient (Wildman–Crippen LogP) is 4.22. The molecule has 140 valence electrons. The SMILES string of the molecule is CC(C)(C)c1ccc(C(=O)NCC2CCN(Cc3ccco3)CC2)cc1. The second-order valence-corrected chi connectivity index (χ2v) is 8.34. The van der Waals surface area contributed by atoms with E-state index < -0.39 is 0 Å². The maximum atomic E-state index is 12.4. The molecular weight excluding hydrogens is 324 g/mol. The normalized spacial score (nSPS) is 16.6. The zero-order chi connectivity index (χ0) is 18.6. The van der Waals surface area contributed by atoms with Crippen LogP contribution >= 0.6 is 0 Å². The minimum absolute atomic E-state index is 0.0310. The molecule has 4 nitrogen and oxygen atoms in total. The zero-order valence-electron chi connectivity index (χ0n) is 16.1. The van der Waals surface area contributed by atoms with Crippen LogP contribution in [0.15, 0.2) is 47.1 Å². The lowest BCUT2D eigenvalue weighted by Gasteiger charge is -2.31. The van der Waals surface area contributed by atoms with Crippen LogP contribution in [0, 0.1) is 5.92 Å². The number of nitrogens with zero attached hydrogens (tertiary/aromatic N) is 1. The van der Waals surface area contributed by atoms with Gasteiger partial charge in [0.1, 0.15) is 5.76 Å². The highest BCUT2D eigenvalue weighted by Gasteiger charge is 2.21. The molecule has 1 aromatic heterocycles. The molecule has 26 heavy (non-hydrogen) atoms. The summed E-state index contributed by atoms with van der Waals surface area (Å²) in [7, 11) is 0. The second-order valence-electron chi connectivity index (χ2n) is 8.34. The first-order valence-corrected chi connectivity index (χ1v) is 9.55. The Kier molecular flexibility index (Phi) is 5.82. The molecule has 0 atom stereocenters. The average Bonchev–Trinajstić information content (AvgIpc) is 3.13. The molecule has 0 radical (unpaired) electrons. The average molecular weight is 354 g/mol. The first-order valence-electron chi connectivity index (χ1n) is 9.55. The Morgan fingerprint density at radius 3 is 2.42 bits per heavy atom. The lowest BCUT2D eigenvalue weighted by atomic mass is 9.86. The van der Waals surface area contributed by atoms with E-state index in [-0.39, 0.29) is 11.3 Å². The number of rotatable bonds is 5. The van der Waals surface area contributed by atoms with E-state index in [2.05, 4.69) is 43.1 Å². The number of carbonyl (C=O) groups excluding carboxylic acids is 1. The number of piperidine rings is 1. The highest BCUT2D eigenvalue weighted by atomic mass is 16.3. The number of hydrogen-bond donors (Lipinski definition) is 1. The van der Waals surface area contributed by atoms with E-state index in [0.29, 0.717) is 5.92 Å². The number of nitrogens with one attached hydrogen (secondary N) is 1. The van der Waals surface area contributed by atoms with E-state index in [0.717, 1.165) is 50.3 Å². The first kappa shape index (κ1) is 18.7. The van der Waals surface area contributed by atoms with Crippen LogP contribution in [0.1, 0.15) is 55.3 Å². The lowest BCUT2D eigenvalue weighted by molar-refractivity contribution is 0.0934. The third kappa shape index (κ3) is 4.98. The summed E-state index contributed by atoms with van der Waals surface area (Å²) in [5.74, 6) is 1.61. The minimum atomic E-state index is 0.0310. The van der Waals surface area contributed by atoms with Gasteiger partial charge in [-0.2, -0.15) is 0 Å². The molecule has 1 aliphatic heterocycles. The predicted molar refractivity (Wildman–Crippen MR) is 104 cm³/mol. The molecule has 1 aromatic carbocycles. The van der Waals surface area contributed by atoms with E-state index in [4.69, 9.17) is 4.42 Å². The van der Waals surface area contributed by atoms with E-state index in [1.54, 1.807) is 6.26 Å². The Balaban J connectivity index is 1.42. The lowest BCUT2D eigenvalue weighted by Crippen LogP contribution is -2.38. The summed E-state index contributed by atoms with van der Waals surface area (Å²) >= 11 is 0. The molecule has 2 aromatic rings. The fraction of sp³-hybridized carbons (Fsp3) is 0.500. The molecule has 1 amide bonds. The van der Waals surface area contributed by atoms with Crippen LogP contribution in [0.4, 0.5) is 0 Å². The largest absolute Gasteiger partial charge is 0.468 e. The van der Waals surface area contributed by atoms with Crippen LogP contribution in [0.2, 0.25) is 0 Å². The molecule has 1 aliphatic rings. The summed E-state index contributed by atoms with van der Waals surface area (Å²) in [6.07, 6.45) is 3.96. The molecular formula is C22H30N2O2. The smallest absolute Gasteiger partial charge is 0.251 e. The van der Waals surface area contributed by atoms with E-state index >= 15 is 0 Å². The van der Waals surface area contributed by atoms with Crippen molar-refractivity contribution in [1.29, 1.82) is 0 Å². The van der Waals surface area contributed by atoms with Gasteiger partial charge in [0.2, 0.25) is 0 Å². The topological polar surface area (TPSA) is 45.5 Å². The van der Waals surface area contributed by atoms with Crippen molar-refractivity contribution >= 4 is 5.91 Å². The molecule has 2 heterocycles. The van der Waals surface area contributed by atoms with Crippen LogP contribution in [-0.2, 0) is 12.0 Å². The highest BCUT2D eigenvalue weighted by Crippen LogP contribution is 2.22. The Morgan fingerprint density at radius 1 is 1.15 bits per heavy atom. The van der Waals surface area contributed by atoms with Gasteiger partial charge in [0.05, 0.1) is 12.8 Å². The Bertz CT molecular complexity index is 691. The first-order chi connectivity index (χ1) is 12.4. The molecule has 1 saturated heterocycles. The van der Waals surface area contributed by atoms with Crippen molar-refractivity contribution < 1.29 is 9.21 Å². The number of amides is 1. The van der Waals surface area contributed by atoms with E-state index in [9.17, 15) is 4.79 Å². The fourth-order valence-electron chi connectivity index (χ4n) is 3.43. The van der Waals surface area contributed by atoms with Gasteiger partial charge in [0, 0.05) is 12.1 Å². The Labute approximate surface area is 156 Å². The molecule has 1 fully saturated rings. The van der Waals surface area contributed by atoms with Crippen molar-refractivity contribution in [2.45, 2.75) is 45.6 Å². The van der Waals surface area contributed by atoms with Gasteiger partial charge >= 0.3 is 0 Å². The van der Waals surface area contributed by atoms with E-state index in [1.165, 1.54) is 5.56 Å². The number of benzene rings is 1. The zero-order valence-corrected chi connectivity index (χ0v) is 16.1. The summed E-state index contributed by atoms with van der Waals surface area (Å²) in [5.41, 5.74) is 2.10. The molecule has 0 unspecified atom stereocenters. The third-order valence-electron chi connectivity index (χ3n) is 5.23. The fourth-order valence-corrected chi connectivity index (χ4v) is 3.43. The van der Waals surface area contributed by atoms with Crippen molar-refractivity contribution in [1.82, 2.24) is 10.2 Å². The van der Waals surface area contributed by atoms with Gasteiger partial charge in [0.15, 0.2) is 0 Å². The van der Waals surface area contributed by atoms with Gasteiger partial charge in [-0.3, -0.25) is 9.69 Å². The van der Waals surface area contributed by atoms with Crippen LogP contribution in [0.25, 0.3) is 0 Å². The minimum Gasteiger partial charge on any atom is -0.468 e. The summed E-state index contributed by atoms with van der Waals surface area (Å²) in [6, 6.07) is 11.9. The summed E-state index contributed by atoms with van der Waals surface area (Å²) in [6.45, 7) is 10.3. The van der Waals surface area contributed by atoms with Crippen LogP contribution in [0.3, 0.4) is 0 Å². The monoisotopic (exact) mass is 354 g/mol. The quantitative estimate of drug-likeness (QED) is 0.874. The Morgan fingerprint density at radius 2 is 1.85 bits per heavy atom. The molecule has 1 N–H and O–H groups in total. The van der Waals surface area contributed by atoms with Gasteiger partial charge in [-0.1, -0.05) is 32.9 Å². The van der Waals surface area contributed by atoms with Crippen molar-refractivity contribution in [2.24, 2.45) is 5.92 Å². The highest BCUT2D eigenvalue weighted by molar-refractivity contribution is 5.94.